The van der Waals surface area contributed by atoms with E-state index in [1.165, 1.54) is 24.9 Å². The molecule has 0 bridgehead atoms. The van der Waals surface area contributed by atoms with E-state index in [4.69, 9.17) is 5.73 Å². The van der Waals surface area contributed by atoms with Gasteiger partial charge < -0.3 is 10.6 Å². The summed E-state index contributed by atoms with van der Waals surface area (Å²) < 4.78 is 1.12. The average Bonchev–Trinajstić information content (AvgIpc) is 2.78. The van der Waals surface area contributed by atoms with Crippen LogP contribution in [0.25, 0.3) is 0 Å². The Bertz CT molecular complexity index is 393. The van der Waals surface area contributed by atoms with Gasteiger partial charge in [0.15, 0.2) is 0 Å². The zero-order chi connectivity index (χ0) is 13.8. The van der Waals surface area contributed by atoms with E-state index in [0.29, 0.717) is 18.6 Å². The highest BCUT2D eigenvalue weighted by Gasteiger charge is 2.25. The molecule has 1 aliphatic rings. The van der Waals surface area contributed by atoms with Gasteiger partial charge in [-0.1, -0.05) is 28.1 Å². The topological polar surface area (TPSA) is 32.5 Å². The molecule has 1 aromatic carbocycles. The number of hydrogen-bond donors (Lipinski definition) is 1. The third-order valence-corrected chi connectivity index (χ3v) is 4.71. The molecule has 106 valence electrons. The molecule has 2 unspecified atom stereocenters. The number of likely N-dealkylation sites (N-methyl/N-ethyl adjacent to an activating group) is 2. The molecule has 2 atom stereocenters. The van der Waals surface area contributed by atoms with Gasteiger partial charge in [0.2, 0.25) is 0 Å². The summed E-state index contributed by atoms with van der Waals surface area (Å²) in [5.41, 5.74) is 7.29. The molecule has 2 rings (SSSR count). The second kappa shape index (κ2) is 6.84. The molecule has 0 aromatic heterocycles. The molecular weight excluding hydrogens is 302 g/mol. The molecule has 0 spiro atoms. The summed E-state index contributed by atoms with van der Waals surface area (Å²) in [6, 6.07) is 9.49. The summed E-state index contributed by atoms with van der Waals surface area (Å²) in [5.74, 6) is 0. The minimum absolute atomic E-state index is 0.307. The molecule has 1 saturated heterocycles. The third kappa shape index (κ3) is 3.78. The summed E-state index contributed by atoms with van der Waals surface area (Å²) >= 11 is 3.48. The Balaban J connectivity index is 2.02. The Morgan fingerprint density at radius 1 is 1.42 bits per heavy atom. The van der Waals surface area contributed by atoms with Gasteiger partial charge in [0.05, 0.1) is 0 Å². The zero-order valence-corrected chi connectivity index (χ0v) is 13.4. The third-order valence-electron chi connectivity index (χ3n) is 4.18. The number of nitrogens with zero attached hydrogens (tertiary/aromatic N) is 2. The average molecular weight is 326 g/mol. The maximum Gasteiger partial charge on any atom is 0.0468 e. The molecule has 0 aliphatic carbocycles. The van der Waals surface area contributed by atoms with Gasteiger partial charge in [-0.25, -0.2) is 0 Å². The van der Waals surface area contributed by atoms with Crippen LogP contribution in [0.5, 0.6) is 0 Å². The quantitative estimate of drug-likeness (QED) is 0.902. The van der Waals surface area contributed by atoms with E-state index in [2.05, 4.69) is 64.1 Å². The Kier molecular flexibility index (Phi) is 5.39. The van der Waals surface area contributed by atoms with Crippen LogP contribution in [0.1, 0.15) is 24.4 Å². The number of rotatable bonds is 5. The van der Waals surface area contributed by atoms with Crippen molar-refractivity contribution in [3.05, 3.63) is 34.3 Å². The molecule has 0 radical (unpaired) electrons. The van der Waals surface area contributed by atoms with Crippen molar-refractivity contribution in [3.8, 4) is 0 Å². The molecule has 4 heteroatoms. The second-order valence-corrected chi connectivity index (χ2v) is 6.43. The molecule has 1 aliphatic heterocycles. The lowest BCUT2D eigenvalue weighted by Crippen LogP contribution is -2.40. The van der Waals surface area contributed by atoms with Crippen molar-refractivity contribution in [1.82, 2.24) is 9.80 Å². The first-order chi connectivity index (χ1) is 9.11. The van der Waals surface area contributed by atoms with E-state index in [1.807, 2.05) is 0 Å². The normalized spacial score (nSPS) is 22.1. The van der Waals surface area contributed by atoms with Crippen LogP contribution in [0, 0.1) is 0 Å². The number of hydrogen-bond acceptors (Lipinski definition) is 3. The Labute approximate surface area is 124 Å². The maximum absolute atomic E-state index is 5.99. The van der Waals surface area contributed by atoms with E-state index in [-0.39, 0.29) is 0 Å². The number of benzene rings is 1. The standard InChI is InChI=1S/C15H24BrN3/c1-18-9-3-4-14(18)11-19(2)15(10-17)12-5-7-13(16)8-6-12/h5-8,14-15H,3-4,9-11,17H2,1-2H3. The first kappa shape index (κ1) is 15.0. The minimum atomic E-state index is 0.307. The Morgan fingerprint density at radius 2 is 2.11 bits per heavy atom. The molecular formula is C15H24BrN3. The lowest BCUT2D eigenvalue weighted by molar-refractivity contribution is 0.179. The van der Waals surface area contributed by atoms with Gasteiger partial charge in [-0.3, -0.25) is 4.90 Å². The Hall–Kier alpha value is -0.420. The van der Waals surface area contributed by atoms with Crippen LogP contribution in [-0.4, -0.2) is 49.6 Å². The first-order valence-electron chi connectivity index (χ1n) is 6.98. The molecule has 2 N–H and O–H groups in total. The highest BCUT2D eigenvalue weighted by atomic mass is 79.9. The number of likely N-dealkylation sites (tertiary alicyclic amines) is 1. The molecule has 1 fully saturated rings. The van der Waals surface area contributed by atoms with Crippen molar-refractivity contribution in [2.75, 3.05) is 33.7 Å². The molecule has 0 amide bonds. The first-order valence-corrected chi connectivity index (χ1v) is 7.77. The van der Waals surface area contributed by atoms with Crippen molar-refractivity contribution in [2.24, 2.45) is 5.73 Å². The number of nitrogens with two attached hydrogens (primary N) is 1. The van der Waals surface area contributed by atoms with E-state index < -0.39 is 0 Å². The predicted octanol–water partition coefficient (Wildman–Crippen LogP) is 2.47. The maximum atomic E-state index is 5.99. The van der Waals surface area contributed by atoms with Gasteiger partial charge in [-0.2, -0.15) is 0 Å². The van der Waals surface area contributed by atoms with Crippen LogP contribution in [0.15, 0.2) is 28.7 Å². The molecule has 0 saturated carbocycles. The monoisotopic (exact) mass is 325 g/mol. The highest BCUT2D eigenvalue weighted by Crippen LogP contribution is 2.23. The van der Waals surface area contributed by atoms with Crippen LogP contribution in [0.4, 0.5) is 0 Å². The fraction of sp³-hybridized carbons (Fsp3) is 0.600. The number of halogens is 1. The second-order valence-electron chi connectivity index (χ2n) is 5.52. The molecule has 1 heterocycles. The van der Waals surface area contributed by atoms with Gasteiger partial charge in [-0.15, -0.1) is 0 Å². The van der Waals surface area contributed by atoms with Gasteiger partial charge >= 0.3 is 0 Å². The van der Waals surface area contributed by atoms with Crippen molar-refractivity contribution >= 4 is 15.9 Å². The van der Waals surface area contributed by atoms with Crippen LogP contribution >= 0.6 is 15.9 Å². The summed E-state index contributed by atoms with van der Waals surface area (Å²) in [6.07, 6.45) is 2.62. The van der Waals surface area contributed by atoms with E-state index in [1.54, 1.807) is 0 Å². The van der Waals surface area contributed by atoms with Crippen LogP contribution in [-0.2, 0) is 0 Å². The smallest absolute Gasteiger partial charge is 0.0468 e. The fourth-order valence-electron chi connectivity index (χ4n) is 2.93. The van der Waals surface area contributed by atoms with E-state index >= 15 is 0 Å². The minimum Gasteiger partial charge on any atom is -0.329 e. The van der Waals surface area contributed by atoms with Crippen molar-refractivity contribution in [3.63, 3.8) is 0 Å². The largest absolute Gasteiger partial charge is 0.329 e. The molecule has 1 aromatic rings. The fourth-order valence-corrected chi connectivity index (χ4v) is 3.19. The lowest BCUT2D eigenvalue weighted by atomic mass is 10.0. The van der Waals surface area contributed by atoms with Gasteiger partial charge in [0.25, 0.3) is 0 Å². The zero-order valence-electron chi connectivity index (χ0n) is 11.8. The van der Waals surface area contributed by atoms with Gasteiger partial charge in [0, 0.05) is 29.6 Å². The Morgan fingerprint density at radius 3 is 2.63 bits per heavy atom. The van der Waals surface area contributed by atoms with Crippen LogP contribution < -0.4 is 5.73 Å². The summed E-state index contributed by atoms with van der Waals surface area (Å²) in [6.45, 7) is 2.98. The van der Waals surface area contributed by atoms with Crippen LogP contribution in [0.3, 0.4) is 0 Å². The van der Waals surface area contributed by atoms with Crippen molar-refractivity contribution in [2.45, 2.75) is 24.9 Å². The highest BCUT2D eigenvalue weighted by molar-refractivity contribution is 9.10. The summed E-state index contributed by atoms with van der Waals surface area (Å²) in [4.78, 5) is 4.86. The van der Waals surface area contributed by atoms with Crippen LogP contribution in [0.2, 0.25) is 0 Å². The predicted molar refractivity (Wildman–Crippen MR) is 84.2 cm³/mol. The van der Waals surface area contributed by atoms with Crippen molar-refractivity contribution < 1.29 is 0 Å². The summed E-state index contributed by atoms with van der Waals surface area (Å²) in [7, 11) is 4.41. The lowest BCUT2D eigenvalue weighted by Gasteiger charge is -2.32. The summed E-state index contributed by atoms with van der Waals surface area (Å²) in [5, 5.41) is 0. The van der Waals surface area contributed by atoms with E-state index in [0.717, 1.165) is 11.0 Å². The van der Waals surface area contributed by atoms with Crippen molar-refractivity contribution in [1.29, 1.82) is 0 Å². The van der Waals surface area contributed by atoms with Gasteiger partial charge in [0.1, 0.15) is 0 Å². The molecule has 19 heavy (non-hydrogen) atoms. The molecule has 3 nitrogen and oxygen atoms in total. The SMILES string of the molecule is CN1CCCC1CN(C)C(CN)c1ccc(Br)cc1. The van der Waals surface area contributed by atoms with E-state index in [9.17, 15) is 0 Å². The van der Waals surface area contributed by atoms with Gasteiger partial charge in [-0.05, 0) is 51.2 Å².